The second-order valence-electron chi connectivity index (χ2n) is 6.10. The Bertz CT molecular complexity index is 296. The Morgan fingerprint density at radius 1 is 1.11 bits per heavy atom. The van der Waals surface area contributed by atoms with Crippen LogP contribution in [0.3, 0.4) is 0 Å². The molecule has 0 aromatic heterocycles. The number of ketones is 1. The quantitative estimate of drug-likeness (QED) is 0.729. The van der Waals surface area contributed by atoms with Gasteiger partial charge in [-0.3, -0.25) is 9.59 Å². The summed E-state index contributed by atoms with van der Waals surface area (Å²) in [5.74, 6) is 0.288. The van der Waals surface area contributed by atoms with Crippen LogP contribution in [0.4, 0.5) is 0 Å². The van der Waals surface area contributed by atoms with E-state index in [0.29, 0.717) is 5.92 Å². The first-order chi connectivity index (χ1) is 8.11. The number of amides is 1. The summed E-state index contributed by atoms with van der Waals surface area (Å²) in [6.45, 7) is 11.4. The first-order valence-electron chi connectivity index (χ1n) is 6.65. The van der Waals surface area contributed by atoms with Crippen LogP contribution in [-0.2, 0) is 9.59 Å². The minimum Gasteiger partial charge on any atom is -0.343 e. The van der Waals surface area contributed by atoms with Crippen LogP contribution in [0.2, 0.25) is 0 Å². The summed E-state index contributed by atoms with van der Waals surface area (Å²) in [4.78, 5) is 24.1. The van der Waals surface area contributed by atoms with Crippen LogP contribution >= 0.6 is 0 Å². The first kappa shape index (κ1) is 17.1. The lowest BCUT2D eigenvalue weighted by atomic mass is 9.90. The Morgan fingerprint density at radius 3 is 1.94 bits per heavy atom. The Balaban J connectivity index is 4.67. The molecule has 4 heteroatoms. The lowest BCUT2D eigenvalue weighted by Gasteiger charge is -2.29. The molecule has 0 saturated heterocycles. The van der Waals surface area contributed by atoms with Crippen LogP contribution in [0.15, 0.2) is 0 Å². The molecule has 0 unspecified atom stereocenters. The zero-order chi connectivity index (χ0) is 14.5. The van der Waals surface area contributed by atoms with Gasteiger partial charge in [0.25, 0.3) is 0 Å². The number of rotatable bonds is 7. The van der Waals surface area contributed by atoms with Gasteiger partial charge in [0.05, 0.1) is 11.6 Å². The Labute approximate surface area is 111 Å². The third-order valence-corrected chi connectivity index (χ3v) is 2.95. The highest BCUT2D eigenvalue weighted by molar-refractivity contribution is 5.94. The number of hydrogen-bond donors (Lipinski definition) is 2. The normalized spacial score (nSPS) is 13.8. The Kier molecular flexibility index (Phi) is 6.54. The molecule has 0 aromatic carbocycles. The van der Waals surface area contributed by atoms with Crippen molar-refractivity contribution in [1.29, 1.82) is 0 Å². The molecule has 0 aromatic rings. The van der Waals surface area contributed by atoms with E-state index in [4.69, 9.17) is 0 Å². The zero-order valence-electron chi connectivity index (χ0n) is 12.8. The second kappa shape index (κ2) is 6.88. The number of nitrogens with one attached hydrogen (secondary N) is 2. The maximum atomic E-state index is 12.1. The third-order valence-electron chi connectivity index (χ3n) is 2.95. The van der Waals surface area contributed by atoms with E-state index >= 15 is 0 Å². The lowest BCUT2D eigenvalue weighted by Crippen LogP contribution is -2.56. The van der Waals surface area contributed by atoms with Crippen LogP contribution in [0.25, 0.3) is 0 Å². The molecule has 0 fully saturated rings. The number of Topliss-reactive ketones (excluding diaryl/α,β-unsaturated/α-hetero) is 1. The van der Waals surface area contributed by atoms with Gasteiger partial charge in [-0.1, -0.05) is 27.7 Å². The van der Waals surface area contributed by atoms with Crippen molar-refractivity contribution in [2.75, 3.05) is 7.05 Å². The molecule has 0 saturated carbocycles. The van der Waals surface area contributed by atoms with Gasteiger partial charge < -0.3 is 10.6 Å². The summed E-state index contributed by atoms with van der Waals surface area (Å²) in [6, 6.07) is -0.246. The predicted octanol–water partition coefficient (Wildman–Crippen LogP) is 1.74. The highest BCUT2D eigenvalue weighted by Crippen LogP contribution is 2.13. The van der Waals surface area contributed by atoms with E-state index in [0.717, 1.165) is 6.42 Å². The molecule has 0 rings (SSSR count). The van der Waals surface area contributed by atoms with Crippen molar-refractivity contribution in [3.8, 4) is 0 Å². The fourth-order valence-corrected chi connectivity index (χ4v) is 2.01. The molecule has 106 valence electrons. The number of likely N-dealkylation sites (N-methyl/N-ethyl adjacent to an activating group) is 1. The molecular weight excluding hydrogens is 228 g/mol. The average Bonchev–Trinajstić information content (AvgIpc) is 2.23. The summed E-state index contributed by atoms with van der Waals surface area (Å²) in [7, 11) is 1.77. The van der Waals surface area contributed by atoms with Crippen LogP contribution in [-0.4, -0.2) is 30.3 Å². The highest BCUT2D eigenvalue weighted by Gasteiger charge is 2.32. The number of carbonyl (C=O) groups is 2. The van der Waals surface area contributed by atoms with Gasteiger partial charge in [0.1, 0.15) is 0 Å². The third kappa shape index (κ3) is 5.17. The van der Waals surface area contributed by atoms with Crippen molar-refractivity contribution in [3.63, 3.8) is 0 Å². The summed E-state index contributed by atoms with van der Waals surface area (Å²) in [5.41, 5.74) is -0.808. The van der Waals surface area contributed by atoms with Crippen molar-refractivity contribution in [2.45, 2.75) is 59.5 Å². The maximum absolute atomic E-state index is 12.1. The SMILES string of the molecule is CN[C@@H](CC(C)C)C(=O)NC(C)(C)C(=O)C(C)C. The predicted molar refractivity (Wildman–Crippen MR) is 74.4 cm³/mol. The van der Waals surface area contributed by atoms with Gasteiger partial charge in [0.15, 0.2) is 5.78 Å². The molecule has 1 amide bonds. The van der Waals surface area contributed by atoms with Crippen molar-refractivity contribution in [3.05, 3.63) is 0 Å². The smallest absolute Gasteiger partial charge is 0.237 e. The van der Waals surface area contributed by atoms with Crippen LogP contribution in [0, 0.1) is 11.8 Å². The average molecular weight is 256 g/mol. The van der Waals surface area contributed by atoms with Gasteiger partial charge in [0, 0.05) is 5.92 Å². The molecule has 1 atom stereocenters. The van der Waals surface area contributed by atoms with Gasteiger partial charge in [-0.15, -0.1) is 0 Å². The van der Waals surface area contributed by atoms with Crippen LogP contribution in [0.5, 0.6) is 0 Å². The monoisotopic (exact) mass is 256 g/mol. The molecule has 0 bridgehead atoms. The first-order valence-corrected chi connectivity index (χ1v) is 6.65. The van der Waals surface area contributed by atoms with Gasteiger partial charge in [0.2, 0.25) is 5.91 Å². The van der Waals surface area contributed by atoms with Crippen LogP contribution in [0.1, 0.15) is 48.0 Å². The molecule has 0 aliphatic carbocycles. The summed E-state index contributed by atoms with van der Waals surface area (Å²) < 4.78 is 0. The molecule has 0 radical (unpaired) electrons. The molecule has 0 aliphatic rings. The standard InChI is InChI=1S/C14H28N2O2/c1-9(2)8-11(15-7)13(18)16-14(5,6)12(17)10(3)4/h9-11,15H,8H2,1-7H3,(H,16,18)/t11-/m0/s1. The van der Waals surface area contributed by atoms with E-state index in [2.05, 4.69) is 24.5 Å². The summed E-state index contributed by atoms with van der Waals surface area (Å²) >= 11 is 0. The molecule has 0 heterocycles. The summed E-state index contributed by atoms with van der Waals surface area (Å²) in [6.07, 6.45) is 0.758. The molecular formula is C14H28N2O2. The van der Waals surface area contributed by atoms with Crippen molar-refractivity contribution in [2.24, 2.45) is 11.8 Å². The van der Waals surface area contributed by atoms with Crippen molar-refractivity contribution < 1.29 is 9.59 Å². The van der Waals surface area contributed by atoms with E-state index in [-0.39, 0.29) is 23.7 Å². The Morgan fingerprint density at radius 2 is 1.61 bits per heavy atom. The van der Waals surface area contributed by atoms with E-state index in [9.17, 15) is 9.59 Å². The van der Waals surface area contributed by atoms with Crippen molar-refractivity contribution in [1.82, 2.24) is 10.6 Å². The topological polar surface area (TPSA) is 58.2 Å². The highest BCUT2D eigenvalue weighted by atomic mass is 16.2. The van der Waals surface area contributed by atoms with Gasteiger partial charge in [-0.25, -0.2) is 0 Å². The second-order valence-corrected chi connectivity index (χ2v) is 6.10. The maximum Gasteiger partial charge on any atom is 0.237 e. The number of hydrogen-bond acceptors (Lipinski definition) is 3. The molecule has 2 N–H and O–H groups in total. The largest absolute Gasteiger partial charge is 0.343 e. The van der Waals surface area contributed by atoms with Crippen molar-refractivity contribution >= 4 is 11.7 Å². The Hall–Kier alpha value is -0.900. The van der Waals surface area contributed by atoms with E-state index in [1.165, 1.54) is 0 Å². The van der Waals surface area contributed by atoms with Gasteiger partial charge in [-0.05, 0) is 33.2 Å². The van der Waals surface area contributed by atoms with Gasteiger partial charge in [-0.2, -0.15) is 0 Å². The minimum atomic E-state index is -0.808. The molecule has 0 spiro atoms. The summed E-state index contributed by atoms with van der Waals surface area (Å²) in [5, 5.41) is 5.84. The zero-order valence-corrected chi connectivity index (χ0v) is 12.8. The molecule has 4 nitrogen and oxygen atoms in total. The lowest BCUT2D eigenvalue weighted by molar-refractivity contribution is -0.133. The fourth-order valence-electron chi connectivity index (χ4n) is 2.01. The van der Waals surface area contributed by atoms with E-state index in [1.807, 2.05) is 13.8 Å². The number of carbonyl (C=O) groups excluding carboxylic acids is 2. The fraction of sp³-hybridized carbons (Fsp3) is 0.857. The molecule has 0 aliphatic heterocycles. The minimum absolute atomic E-state index is 0.0512. The van der Waals surface area contributed by atoms with E-state index < -0.39 is 5.54 Å². The van der Waals surface area contributed by atoms with Crippen LogP contribution < -0.4 is 10.6 Å². The van der Waals surface area contributed by atoms with E-state index in [1.54, 1.807) is 20.9 Å². The van der Waals surface area contributed by atoms with Gasteiger partial charge >= 0.3 is 0 Å². The molecule has 18 heavy (non-hydrogen) atoms.